The van der Waals surface area contributed by atoms with Crippen LogP contribution in [0.2, 0.25) is 0 Å². The molecule has 0 aliphatic rings. The number of carboxylic acids is 1. The molecule has 1 aromatic carbocycles. The number of amides is 1. The highest BCUT2D eigenvalue weighted by molar-refractivity contribution is 7.90. The van der Waals surface area contributed by atoms with E-state index in [2.05, 4.69) is 5.32 Å². The van der Waals surface area contributed by atoms with E-state index in [-0.39, 0.29) is 28.5 Å². The lowest BCUT2D eigenvalue weighted by Crippen LogP contribution is -2.42. The van der Waals surface area contributed by atoms with Gasteiger partial charge in [0, 0.05) is 12.1 Å². The molecule has 2 N–H and O–H groups in total. The second-order valence-electron chi connectivity index (χ2n) is 6.32. The molecule has 0 aliphatic carbocycles. The number of carboxylic acid groups (broad SMARTS) is 1. The largest absolute Gasteiger partial charge is 0.481 e. The molecule has 0 bridgehead atoms. The van der Waals surface area contributed by atoms with E-state index in [1.54, 1.807) is 32.0 Å². The van der Waals surface area contributed by atoms with Crippen LogP contribution in [0.4, 0.5) is 0 Å². The van der Waals surface area contributed by atoms with Crippen molar-refractivity contribution in [3.8, 4) is 0 Å². The fourth-order valence-corrected chi connectivity index (χ4v) is 4.15. The third kappa shape index (κ3) is 4.57. The number of sulfone groups is 1. The summed E-state index contributed by atoms with van der Waals surface area (Å²) in [5.74, 6) is -2.13. The Kier molecular flexibility index (Phi) is 6.43. The molecule has 8 heteroatoms. The number of furan rings is 1. The van der Waals surface area contributed by atoms with Gasteiger partial charge in [0.1, 0.15) is 0 Å². The normalized spacial score (nSPS) is 11.9. The maximum Gasteiger partial charge on any atom is 0.311 e. The fourth-order valence-electron chi connectivity index (χ4n) is 2.77. The third-order valence-electron chi connectivity index (χ3n) is 4.80. The van der Waals surface area contributed by atoms with E-state index in [0.717, 1.165) is 0 Å². The molecule has 2 rings (SSSR count). The first kappa shape index (κ1) is 20.7. The van der Waals surface area contributed by atoms with Gasteiger partial charge in [-0.2, -0.15) is 0 Å². The van der Waals surface area contributed by atoms with Gasteiger partial charge in [-0.05, 0) is 31.0 Å². The van der Waals surface area contributed by atoms with E-state index in [9.17, 15) is 23.1 Å². The van der Waals surface area contributed by atoms with Gasteiger partial charge in [-0.15, -0.1) is 0 Å². The van der Waals surface area contributed by atoms with Crippen molar-refractivity contribution in [2.45, 2.75) is 37.3 Å². The summed E-state index contributed by atoms with van der Waals surface area (Å²) in [4.78, 5) is 24.1. The Morgan fingerprint density at radius 1 is 1.11 bits per heavy atom. The van der Waals surface area contributed by atoms with Crippen LogP contribution in [0.15, 0.2) is 52.0 Å². The average Bonchev–Trinajstić information content (AvgIpc) is 3.10. The van der Waals surface area contributed by atoms with Crippen LogP contribution in [0, 0.1) is 5.41 Å². The molecule has 0 saturated heterocycles. The van der Waals surface area contributed by atoms with Crippen LogP contribution >= 0.6 is 0 Å². The number of carbonyl (C=O) groups is 2. The molecule has 0 saturated carbocycles. The number of carbonyl (C=O) groups excluding carboxylic acids is 1. The van der Waals surface area contributed by atoms with Crippen molar-refractivity contribution in [3.63, 3.8) is 0 Å². The molecule has 0 aliphatic heterocycles. The molecule has 1 heterocycles. The maximum absolute atomic E-state index is 12.5. The summed E-state index contributed by atoms with van der Waals surface area (Å²) in [7, 11) is -3.64. The van der Waals surface area contributed by atoms with Crippen molar-refractivity contribution < 1.29 is 27.5 Å². The highest BCUT2D eigenvalue weighted by Gasteiger charge is 2.35. The zero-order chi connectivity index (χ0) is 20.1. The molecule has 0 fully saturated rings. The second kappa shape index (κ2) is 8.39. The maximum atomic E-state index is 12.5. The summed E-state index contributed by atoms with van der Waals surface area (Å²) < 4.78 is 30.2. The smallest absolute Gasteiger partial charge is 0.311 e. The highest BCUT2D eigenvalue weighted by atomic mass is 32.2. The molecule has 146 valence electrons. The van der Waals surface area contributed by atoms with Gasteiger partial charge < -0.3 is 14.8 Å². The monoisotopic (exact) mass is 393 g/mol. The molecule has 0 radical (unpaired) electrons. The number of hydrogen-bond donors (Lipinski definition) is 2. The summed E-state index contributed by atoms with van der Waals surface area (Å²) in [6, 6.07) is 9.36. The standard InChI is InChI=1S/C19H23NO6S/c1-3-19(4-2,18(22)23)13-20-17(21)16-14(10-11-26-16)12-27(24,25)15-8-6-5-7-9-15/h5-11H,3-4,12-13H2,1-2H3,(H,20,21)(H,22,23). The summed E-state index contributed by atoms with van der Waals surface area (Å²) in [5, 5.41) is 12.0. The van der Waals surface area contributed by atoms with Gasteiger partial charge in [-0.25, -0.2) is 8.42 Å². The van der Waals surface area contributed by atoms with E-state index in [1.807, 2.05) is 0 Å². The van der Waals surface area contributed by atoms with Gasteiger partial charge in [0.05, 0.1) is 22.3 Å². The molecule has 0 unspecified atom stereocenters. The third-order valence-corrected chi connectivity index (χ3v) is 6.48. The topological polar surface area (TPSA) is 114 Å². The molecule has 1 amide bonds. The lowest BCUT2D eigenvalue weighted by molar-refractivity contribution is -0.149. The van der Waals surface area contributed by atoms with Gasteiger partial charge in [0.15, 0.2) is 15.6 Å². The Morgan fingerprint density at radius 3 is 2.30 bits per heavy atom. The molecule has 1 aromatic heterocycles. The van der Waals surface area contributed by atoms with E-state index < -0.39 is 27.1 Å². The van der Waals surface area contributed by atoms with Crippen molar-refractivity contribution in [1.29, 1.82) is 0 Å². The number of nitrogens with one attached hydrogen (secondary N) is 1. The van der Waals surface area contributed by atoms with Crippen molar-refractivity contribution in [3.05, 3.63) is 54.0 Å². The summed E-state index contributed by atoms with van der Waals surface area (Å²) in [6.45, 7) is 3.42. The number of benzene rings is 1. The van der Waals surface area contributed by atoms with Crippen LogP contribution in [0.25, 0.3) is 0 Å². The van der Waals surface area contributed by atoms with Crippen LogP contribution in [-0.4, -0.2) is 31.9 Å². The van der Waals surface area contributed by atoms with E-state index in [1.165, 1.54) is 24.5 Å². The van der Waals surface area contributed by atoms with E-state index in [0.29, 0.717) is 12.8 Å². The number of aliphatic carboxylic acids is 1. The quantitative estimate of drug-likeness (QED) is 0.677. The minimum atomic E-state index is -3.64. The second-order valence-corrected chi connectivity index (χ2v) is 8.31. The molecule has 2 aromatic rings. The van der Waals surface area contributed by atoms with Gasteiger partial charge in [0.25, 0.3) is 5.91 Å². The number of rotatable bonds is 9. The Bertz CT molecular complexity index is 897. The molecule has 0 spiro atoms. The first-order valence-electron chi connectivity index (χ1n) is 8.61. The minimum Gasteiger partial charge on any atom is -0.481 e. The Hall–Kier alpha value is -2.61. The van der Waals surface area contributed by atoms with Gasteiger partial charge in [0.2, 0.25) is 0 Å². The predicted octanol–water partition coefficient (Wildman–Crippen LogP) is 2.87. The van der Waals surface area contributed by atoms with Gasteiger partial charge in [-0.1, -0.05) is 32.0 Å². The first-order chi connectivity index (χ1) is 12.8. The van der Waals surface area contributed by atoms with Gasteiger partial charge >= 0.3 is 5.97 Å². The van der Waals surface area contributed by atoms with Crippen LogP contribution in [0.1, 0.15) is 42.8 Å². The molecule has 7 nitrogen and oxygen atoms in total. The average molecular weight is 393 g/mol. The molecular weight excluding hydrogens is 370 g/mol. The summed E-state index contributed by atoms with van der Waals surface area (Å²) in [6.07, 6.45) is 1.95. The van der Waals surface area contributed by atoms with Crippen molar-refractivity contribution in [1.82, 2.24) is 5.32 Å². The Balaban J connectivity index is 2.17. The number of hydrogen-bond acceptors (Lipinski definition) is 5. The SMILES string of the molecule is CCC(CC)(CNC(=O)c1occc1CS(=O)(=O)c1ccccc1)C(=O)O. The highest BCUT2D eigenvalue weighted by Crippen LogP contribution is 2.26. The van der Waals surface area contributed by atoms with Crippen molar-refractivity contribution in [2.75, 3.05) is 6.54 Å². The van der Waals surface area contributed by atoms with E-state index >= 15 is 0 Å². The van der Waals surface area contributed by atoms with Crippen molar-refractivity contribution >= 4 is 21.7 Å². The zero-order valence-electron chi connectivity index (χ0n) is 15.3. The molecule has 0 atom stereocenters. The van der Waals surface area contributed by atoms with Crippen LogP contribution in [0.5, 0.6) is 0 Å². The van der Waals surface area contributed by atoms with Crippen LogP contribution in [-0.2, 0) is 20.4 Å². The van der Waals surface area contributed by atoms with Crippen molar-refractivity contribution in [2.24, 2.45) is 5.41 Å². The minimum absolute atomic E-state index is 0.0697. The van der Waals surface area contributed by atoms with E-state index in [4.69, 9.17) is 4.42 Å². The Labute approximate surface area is 158 Å². The Morgan fingerprint density at radius 2 is 1.74 bits per heavy atom. The summed E-state index contributed by atoms with van der Waals surface area (Å²) in [5.41, 5.74) is -0.844. The van der Waals surface area contributed by atoms with Gasteiger partial charge in [-0.3, -0.25) is 9.59 Å². The molecular formula is C19H23NO6S. The van der Waals surface area contributed by atoms with Crippen LogP contribution in [0.3, 0.4) is 0 Å². The predicted molar refractivity (Wildman–Crippen MR) is 99.0 cm³/mol. The van der Waals surface area contributed by atoms with Crippen LogP contribution < -0.4 is 5.32 Å². The fraction of sp³-hybridized carbons (Fsp3) is 0.368. The zero-order valence-corrected chi connectivity index (χ0v) is 16.1. The first-order valence-corrected chi connectivity index (χ1v) is 10.3. The molecule has 27 heavy (non-hydrogen) atoms. The lowest BCUT2D eigenvalue weighted by atomic mass is 9.82. The summed E-state index contributed by atoms with van der Waals surface area (Å²) >= 11 is 0. The lowest BCUT2D eigenvalue weighted by Gasteiger charge is -2.26.